The van der Waals surface area contributed by atoms with Gasteiger partial charge in [-0.3, -0.25) is 4.79 Å². The summed E-state index contributed by atoms with van der Waals surface area (Å²) in [5.74, 6) is 1.52. The smallest absolute Gasteiger partial charge is 0.260 e. The number of hydrogen-bond acceptors (Lipinski definition) is 3. The van der Waals surface area contributed by atoms with Crippen LogP contribution in [0, 0.1) is 5.92 Å². The van der Waals surface area contributed by atoms with Crippen molar-refractivity contribution < 1.29 is 9.53 Å². The predicted octanol–water partition coefficient (Wildman–Crippen LogP) is 2.68. The average molecular weight is 288 g/mol. The molecule has 4 heteroatoms. The Hall–Kier alpha value is -1.71. The van der Waals surface area contributed by atoms with Crippen LogP contribution >= 0.6 is 0 Å². The number of anilines is 1. The largest absolute Gasteiger partial charge is 0.482 e. The number of carbonyl (C=O) groups is 1. The fourth-order valence-corrected chi connectivity index (χ4v) is 3.24. The molecule has 1 fully saturated rings. The maximum Gasteiger partial charge on any atom is 0.260 e. The second-order valence-corrected chi connectivity index (χ2v) is 6.20. The topological polar surface area (TPSA) is 41.6 Å². The number of nitrogens with one attached hydrogen (secondary N) is 1. The molecular weight excluding hydrogens is 264 g/mol. The van der Waals surface area contributed by atoms with Gasteiger partial charge in [0, 0.05) is 19.6 Å². The van der Waals surface area contributed by atoms with E-state index >= 15 is 0 Å². The monoisotopic (exact) mass is 288 g/mol. The molecule has 1 atom stereocenters. The summed E-state index contributed by atoms with van der Waals surface area (Å²) < 4.78 is 5.80. The van der Waals surface area contributed by atoms with Crippen LogP contribution in [0.4, 0.5) is 5.69 Å². The van der Waals surface area contributed by atoms with E-state index in [-0.39, 0.29) is 12.5 Å². The number of likely N-dealkylation sites (tertiary alicyclic amines) is 1. The van der Waals surface area contributed by atoms with Crippen molar-refractivity contribution in [1.29, 1.82) is 0 Å². The lowest BCUT2D eigenvalue weighted by Gasteiger charge is -2.31. The summed E-state index contributed by atoms with van der Waals surface area (Å²) in [7, 11) is 0. The Morgan fingerprint density at radius 1 is 1.43 bits per heavy atom. The van der Waals surface area contributed by atoms with Gasteiger partial charge >= 0.3 is 0 Å². The van der Waals surface area contributed by atoms with Crippen molar-refractivity contribution in [3.63, 3.8) is 0 Å². The molecule has 0 spiro atoms. The van der Waals surface area contributed by atoms with Crippen LogP contribution in [-0.4, -0.2) is 37.0 Å². The Balaban J connectivity index is 1.61. The SMILES string of the molecule is CC1CCCN(C(=O)COc2cccc3c2NCCC3)C1. The van der Waals surface area contributed by atoms with Crippen molar-refractivity contribution in [3.8, 4) is 5.75 Å². The van der Waals surface area contributed by atoms with Crippen LogP contribution in [0.5, 0.6) is 5.75 Å². The summed E-state index contributed by atoms with van der Waals surface area (Å²) in [6, 6.07) is 6.08. The standard InChI is InChI=1S/C17H24N2O2/c1-13-5-4-10-19(11-13)16(20)12-21-15-8-2-6-14-7-3-9-18-17(14)15/h2,6,8,13,18H,3-5,7,9-12H2,1H3. The van der Waals surface area contributed by atoms with Gasteiger partial charge in [0.25, 0.3) is 5.91 Å². The highest BCUT2D eigenvalue weighted by Crippen LogP contribution is 2.32. The van der Waals surface area contributed by atoms with E-state index in [4.69, 9.17) is 4.74 Å². The number of ether oxygens (including phenoxy) is 1. The van der Waals surface area contributed by atoms with Gasteiger partial charge in [0.1, 0.15) is 5.75 Å². The molecule has 0 radical (unpaired) electrons. The van der Waals surface area contributed by atoms with E-state index in [0.29, 0.717) is 5.92 Å². The molecule has 0 bridgehead atoms. The van der Waals surface area contributed by atoms with E-state index in [0.717, 1.165) is 50.3 Å². The first-order valence-electron chi connectivity index (χ1n) is 8.00. The number of piperidine rings is 1. The van der Waals surface area contributed by atoms with Gasteiger partial charge in [-0.05, 0) is 43.2 Å². The van der Waals surface area contributed by atoms with Crippen LogP contribution in [0.2, 0.25) is 0 Å². The lowest BCUT2D eigenvalue weighted by Crippen LogP contribution is -2.41. The number of nitrogens with zero attached hydrogens (tertiary/aromatic N) is 1. The fourth-order valence-electron chi connectivity index (χ4n) is 3.24. The Labute approximate surface area is 126 Å². The number of hydrogen-bond donors (Lipinski definition) is 1. The van der Waals surface area contributed by atoms with Crippen LogP contribution in [0.1, 0.15) is 31.7 Å². The van der Waals surface area contributed by atoms with Crippen molar-refractivity contribution in [2.24, 2.45) is 5.92 Å². The van der Waals surface area contributed by atoms with Crippen LogP contribution in [-0.2, 0) is 11.2 Å². The highest BCUT2D eigenvalue weighted by Gasteiger charge is 2.22. The van der Waals surface area contributed by atoms with Crippen molar-refractivity contribution in [2.75, 3.05) is 31.6 Å². The third-order valence-electron chi connectivity index (χ3n) is 4.40. The second-order valence-electron chi connectivity index (χ2n) is 6.20. The molecule has 1 unspecified atom stereocenters. The van der Waals surface area contributed by atoms with Crippen molar-refractivity contribution in [1.82, 2.24) is 4.90 Å². The minimum atomic E-state index is 0.106. The second kappa shape index (κ2) is 6.37. The van der Waals surface area contributed by atoms with Crippen molar-refractivity contribution >= 4 is 11.6 Å². The number of para-hydroxylation sites is 1. The van der Waals surface area contributed by atoms with E-state index in [1.165, 1.54) is 12.0 Å². The summed E-state index contributed by atoms with van der Waals surface area (Å²) in [5, 5.41) is 3.39. The number of aryl methyl sites for hydroxylation is 1. The highest BCUT2D eigenvalue weighted by molar-refractivity contribution is 5.78. The number of fused-ring (bicyclic) bond motifs is 1. The van der Waals surface area contributed by atoms with E-state index in [1.54, 1.807) is 0 Å². The van der Waals surface area contributed by atoms with E-state index < -0.39 is 0 Å². The fraction of sp³-hybridized carbons (Fsp3) is 0.588. The van der Waals surface area contributed by atoms with Crippen molar-refractivity contribution in [2.45, 2.75) is 32.6 Å². The number of carbonyl (C=O) groups excluding carboxylic acids is 1. The number of amides is 1. The molecule has 2 aliphatic heterocycles. The summed E-state index contributed by atoms with van der Waals surface area (Å²) in [6.45, 7) is 5.07. The van der Waals surface area contributed by atoms with Crippen LogP contribution in [0.25, 0.3) is 0 Å². The van der Waals surface area contributed by atoms with Gasteiger partial charge in [-0.2, -0.15) is 0 Å². The minimum absolute atomic E-state index is 0.106. The third kappa shape index (κ3) is 3.31. The molecule has 0 aliphatic carbocycles. The molecule has 0 aromatic heterocycles. The number of rotatable bonds is 3. The molecule has 1 aromatic carbocycles. The normalized spacial score (nSPS) is 21.4. The molecule has 1 saturated heterocycles. The molecule has 2 heterocycles. The zero-order valence-corrected chi connectivity index (χ0v) is 12.7. The summed E-state index contributed by atoms with van der Waals surface area (Å²) in [6.07, 6.45) is 4.56. The molecule has 0 saturated carbocycles. The number of benzene rings is 1. The molecule has 1 N–H and O–H groups in total. The third-order valence-corrected chi connectivity index (χ3v) is 4.40. The molecular formula is C17H24N2O2. The zero-order valence-electron chi connectivity index (χ0n) is 12.7. The molecule has 21 heavy (non-hydrogen) atoms. The molecule has 3 rings (SSSR count). The molecule has 1 amide bonds. The summed E-state index contributed by atoms with van der Waals surface area (Å²) >= 11 is 0. The quantitative estimate of drug-likeness (QED) is 0.930. The zero-order chi connectivity index (χ0) is 14.7. The van der Waals surface area contributed by atoms with Gasteiger partial charge in [-0.1, -0.05) is 19.1 Å². The van der Waals surface area contributed by atoms with Gasteiger partial charge in [-0.15, -0.1) is 0 Å². The minimum Gasteiger partial charge on any atom is -0.482 e. The molecule has 1 aromatic rings. The first kappa shape index (κ1) is 14.2. The Bertz CT molecular complexity index is 516. The maximum absolute atomic E-state index is 12.3. The summed E-state index contributed by atoms with van der Waals surface area (Å²) in [4.78, 5) is 14.2. The lowest BCUT2D eigenvalue weighted by atomic mass is 10.0. The van der Waals surface area contributed by atoms with Crippen LogP contribution in [0.3, 0.4) is 0 Å². The van der Waals surface area contributed by atoms with E-state index in [2.05, 4.69) is 18.3 Å². The van der Waals surface area contributed by atoms with Gasteiger partial charge in [0.15, 0.2) is 6.61 Å². The van der Waals surface area contributed by atoms with Gasteiger partial charge in [0.05, 0.1) is 5.69 Å². The lowest BCUT2D eigenvalue weighted by molar-refractivity contribution is -0.135. The summed E-state index contributed by atoms with van der Waals surface area (Å²) in [5.41, 5.74) is 2.36. The van der Waals surface area contributed by atoms with Gasteiger partial charge in [0.2, 0.25) is 0 Å². The highest BCUT2D eigenvalue weighted by atomic mass is 16.5. The maximum atomic E-state index is 12.3. The van der Waals surface area contributed by atoms with Gasteiger partial charge < -0.3 is 15.0 Å². The Morgan fingerprint density at radius 3 is 3.19 bits per heavy atom. The predicted molar refractivity (Wildman–Crippen MR) is 83.7 cm³/mol. The average Bonchev–Trinajstić information content (AvgIpc) is 2.52. The Morgan fingerprint density at radius 2 is 2.33 bits per heavy atom. The first-order valence-corrected chi connectivity index (χ1v) is 8.00. The molecule has 2 aliphatic rings. The van der Waals surface area contributed by atoms with E-state index in [1.807, 2.05) is 17.0 Å². The molecule has 114 valence electrons. The molecule has 4 nitrogen and oxygen atoms in total. The van der Waals surface area contributed by atoms with Crippen molar-refractivity contribution in [3.05, 3.63) is 23.8 Å². The van der Waals surface area contributed by atoms with Crippen LogP contribution in [0.15, 0.2) is 18.2 Å². The van der Waals surface area contributed by atoms with Gasteiger partial charge in [-0.25, -0.2) is 0 Å². The first-order chi connectivity index (χ1) is 10.2. The van der Waals surface area contributed by atoms with Crippen LogP contribution < -0.4 is 10.1 Å². The van der Waals surface area contributed by atoms with E-state index in [9.17, 15) is 4.79 Å². The Kier molecular flexibility index (Phi) is 4.32.